The molecule has 1 aliphatic rings. The Morgan fingerprint density at radius 1 is 1.13 bits per heavy atom. The van der Waals surface area contributed by atoms with Crippen LogP contribution in [0.15, 0.2) is 36.4 Å². The van der Waals surface area contributed by atoms with E-state index < -0.39 is 0 Å². The van der Waals surface area contributed by atoms with Crippen molar-refractivity contribution in [3.05, 3.63) is 47.5 Å². The number of nitrogens with one attached hydrogen (secondary N) is 1. The predicted octanol–water partition coefficient (Wildman–Crippen LogP) is 2.96. The van der Waals surface area contributed by atoms with E-state index in [1.807, 2.05) is 43.3 Å². The molecule has 1 aromatic carbocycles. The summed E-state index contributed by atoms with van der Waals surface area (Å²) in [6, 6.07) is 11.7. The molecule has 0 spiro atoms. The SMILES string of the molecule is Cc1cccc(CC(=O)Nc2ccc(N3CCCCC3)nn2)c1. The van der Waals surface area contributed by atoms with Gasteiger partial charge in [-0.25, -0.2) is 0 Å². The molecular formula is C18H22N4O. The largest absolute Gasteiger partial charge is 0.355 e. The third kappa shape index (κ3) is 4.28. The van der Waals surface area contributed by atoms with Crippen LogP contribution >= 0.6 is 0 Å². The van der Waals surface area contributed by atoms with Gasteiger partial charge in [0.25, 0.3) is 0 Å². The van der Waals surface area contributed by atoms with Gasteiger partial charge in [-0.1, -0.05) is 29.8 Å². The fourth-order valence-corrected chi connectivity index (χ4v) is 2.88. The van der Waals surface area contributed by atoms with E-state index in [2.05, 4.69) is 20.4 Å². The number of rotatable bonds is 4. The fourth-order valence-electron chi connectivity index (χ4n) is 2.88. The Morgan fingerprint density at radius 2 is 1.96 bits per heavy atom. The van der Waals surface area contributed by atoms with Crippen LogP contribution in [0.2, 0.25) is 0 Å². The van der Waals surface area contributed by atoms with Crippen molar-refractivity contribution in [3.63, 3.8) is 0 Å². The first-order chi connectivity index (χ1) is 11.2. The van der Waals surface area contributed by atoms with Crippen LogP contribution in [0.25, 0.3) is 0 Å². The van der Waals surface area contributed by atoms with E-state index in [-0.39, 0.29) is 5.91 Å². The Kier molecular flexibility index (Phi) is 4.86. The van der Waals surface area contributed by atoms with Gasteiger partial charge in [-0.2, -0.15) is 0 Å². The average Bonchev–Trinajstić information content (AvgIpc) is 2.56. The summed E-state index contributed by atoms with van der Waals surface area (Å²) in [5, 5.41) is 11.2. The van der Waals surface area contributed by atoms with Gasteiger partial charge in [0.1, 0.15) is 0 Å². The maximum Gasteiger partial charge on any atom is 0.229 e. The number of nitrogens with zero attached hydrogens (tertiary/aromatic N) is 3. The second-order valence-electron chi connectivity index (χ2n) is 6.04. The number of hydrogen-bond donors (Lipinski definition) is 1. The zero-order chi connectivity index (χ0) is 16.1. The van der Waals surface area contributed by atoms with Gasteiger partial charge in [0, 0.05) is 13.1 Å². The number of aromatic nitrogens is 2. The van der Waals surface area contributed by atoms with Gasteiger partial charge in [-0.05, 0) is 43.9 Å². The van der Waals surface area contributed by atoms with Crippen molar-refractivity contribution in [1.29, 1.82) is 0 Å². The molecule has 3 rings (SSSR count). The molecule has 0 radical (unpaired) electrons. The molecule has 0 aliphatic carbocycles. The minimum absolute atomic E-state index is 0.0735. The normalized spacial score (nSPS) is 14.6. The van der Waals surface area contributed by atoms with Crippen LogP contribution in [0.3, 0.4) is 0 Å². The molecule has 0 atom stereocenters. The second kappa shape index (κ2) is 7.22. The lowest BCUT2D eigenvalue weighted by atomic mass is 10.1. The van der Waals surface area contributed by atoms with Crippen molar-refractivity contribution in [1.82, 2.24) is 10.2 Å². The van der Waals surface area contributed by atoms with E-state index in [9.17, 15) is 4.79 Å². The van der Waals surface area contributed by atoms with Crippen LogP contribution in [-0.4, -0.2) is 29.2 Å². The third-order valence-corrected chi connectivity index (χ3v) is 4.05. The number of carbonyl (C=O) groups excluding carboxylic acids is 1. The smallest absolute Gasteiger partial charge is 0.229 e. The molecule has 0 unspecified atom stereocenters. The first-order valence-corrected chi connectivity index (χ1v) is 8.15. The van der Waals surface area contributed by atoms with E-state index in [0.717, 1.165) is 30.0 Å². The highest BCUT2D eigenvalue weighted by molar-refractivity contribution is 5.91. The molecular weight excluding hydrogens is 288 g/mol. The number of benzene rings is 1. The molecule has 2 heterocycles. The van der Waals surface area contributed by atoms with Gasteiger partial charge in [0.15, 0.2) is 11.6 Å². The number of aryl methyl sites for hydroxylation is 1. The van der Waals surface area contributed by atoms with Crippen LogP contribution in [0, 0.1) is 6.92 Å². The average molecular weight is 310 g/mol. The molecule has 23 heavy (non-hydrogen) atoms. The molecule has 0 saturated carbocycles. The van der Waals surface area contributed by atoms with Gasteiger partial charge in [-0.15, -0.1) is 10.2 Å². The van der Waals surface area contributed by atoms with E-state index in [1.165, 1.54) is 19.3 Å². The fraction of sp³-hybridized carbons (Fsp3) is 0.389. The third-order valence-electron chi connectivity index (χ3n) is 4.05. The number of hydrogen-bond acceptors (Lipinski definition) is 4. The summed E-state index contributed by atoms with van der Waals surface area (Å²) in [4.78, 5) is 14.3. The highest BCUT2D eigenvalue weighted by Crippen LogP contribution is 2.17. The van der Waals surface area contributed by atoms with Gasteiger partial charge in [0.05, 0.1) is 6.42 Å². The van der Waals surface area contributed by atoms with Crippen molar-refractivity contribution >= 4 is 17.5 Å². The van der Waals surface area contributed by atoms with Gasteiger partial charge >= 0.3 is 0 Å². The molecule has 1 N–H and O–H groups in total. The lowest BCUT2D eigenvalue weighted by Gasteiger charge is -2.27. The molecule has 1 aliphatic heterocycles. The molecule has 5 heteroatoms. The summed E-state index contributed by atoms with van der Waals surface area (Å²) in [6.07, 6.45) is 4.04. The minimum atomic E-state index is -0.0735. The molecule has 5 nitrogen and oxygen atoms in total. The Hall–Kier alpha value is -2.43. The lowest BCUT2D eigenvalue weighted by molar-refractivity contribution is -0.115. The van der Waals surface area contributed by atoms with E-state index in [0.29, 0.717) is 12.2 Å². The quantitative estimate of drug-likeness (QED) is 0.943. The maximum atomic E-state index is 12.1. The Balaban J connectivity index is 1.58. The standard InChI is InChI=1S/C18H22N4O/c1-14-6-5-7-15(12-14)13-18(23)19-16-8-9-17(21-20-16)22-10-3-2-4-11-22/h5-9,12H,2-4,10-11,13H2,1H3,(H,19,20,23). The summed E-state index contributed by atoms with van der Waals surface area (Å²) in [7, 11) is 0. The Labute approximate surface area is 136 Å². The molecule has 1 fully saturated rings. The number of anilines is 2. The van der Waals surface area contributed by atoms with Crippen LogP contribution in [0.1, 0.15) is 30.4 Å². The van der Waals surface area contributed by atoms with Crippen molar-refractivity contribution in [2.75, 3.05) is 23.3 Å². The van der Waals surface area contributed by atoms with E-state index in [4.69, 9.17) is 0 Å². The molecule has 120 valence electrons. The van der Waals surface area contributed by atoms with E-state index in [1.54, 1.807) is 0 Å². The van der Waals surface area contributed by atoms with Gasteiger partial charge < -0.3 is 10.2 Å². The van der Waals surface area contributed by atoms with Gasteiger partial charge in [0.2, 0.25) is 5.91 Å². The summed E-state index contributed by atoms with van der Waals surface area (Å²) >= 11 is 0. The van der Waals surface area contributed by atoms with E-state index >= 15 is 0 Å². The maximum absolute atomic E-state index is 12.1. The zero-order valence-electron chi connectivity index (χ0n) is 13.5. The van der Waals surface area contributed by atoms with Crippen LogP contribution in [0.5, 0.6) is 0 Å². The number of carbonyl (C=O) groups is 1. The topological polar surface area (TPSA) is 58.1 Å². The summed E-state index contributed by atoms with van der Waals surface area (Å²) < 4.78 is 0. The summed E-state index contributed by atoms with van der Waals surface area (Å²) in [5.41, 5.74) is 2.15. The van der Waals surface area contributed by atoms with Crippen LogP contribution in [0.4, 0.5) is 11.6 Å². The van der Waals surface area contributed by atoms with Crippen molar-refractivity contribution in [2.24, 2.45) is 0 Å². The van der Waals surface area contributed by atoms with Crippen LogP contribution in [-0.2, 0) is 11.2 Å². The molecule has 2 aromatic rings. The lowest BCUT2D eigenvalue weighted by Crippen LogP contribution is -2.30. The number of piperidine rings is 1. The predicted molar refractivity (Wildman–Crippen MR) is 91.6 cm³/mol. The minimum Gasteiger partial charge on any atom is -0.355 e. The Bertz CT molecular complexity index is 663. The number of amides is 1. The molecule has 1 aromatic heterocycles. The highest BCUT2D eigenvalue weighted by Gasteiger charge is 2.13. The first-order valence-electron chi connectivity index (χ1n) is 8.15. The monoisotopic (exact) mass is 310 g/mol. The molecule has 1 amide bonds. The second-order valence-corrected chi connectivity index (χ2v) is 6.04. The van der Waals surface area contributed by atoms with Crippen LogP contribution < -0.4 is 10.2 Å². The summed E-state index contributed by atoms with van der Waals surface area (Å²) in [6.45, 7) is 4.09. The van der Waals surface area contributed by atoms with Gasteiger partial charge in [-0.3, -0.25) is 4.79 Å². The molecule has 1 saturated heterocycles. The van der Waals surface area contributed by atoms with Crippen molar-refractivity contribution < 1.29 is 4.79 Å². The molecule has 0 bridgehead atoms. The summed E-state index contributed by atoms with van der Waals surface area (Å²) in [5.74, 6) is 1.32. The highest BCUT2D eigenvalue weighted by atomic mass is 16.1. The Morgan fingerprint density at radius 3 is 2.65 bits per heavy atom. The zero-order valence-corrected chi connectivity index (χ0v) is 13.5. The van der Waals surface area contributed by atoms with Crippen molar-refractivity contribution in [3.8, 4) is 0 Å². The van der Waals surface area contributed by atoms with Crippen molar-refractivity contribution in [2.45, 2.75) is 32.6 Å². The first kappa shape index (κ1) is 15.5.